The van der Waals surface area contributed by atoms with Gasteiger partial charge in [0.1, 0.15) is 0 Å². The summed E-state index contributed by atoms with van der Waals surface area (Å²) in [5.41, 5.74) is 4.49. The summed E-state index contributed by atoms with van der Waals surface area (Å²) in [6.45, 7) is 9.45. The van der Waals surface area contributed by atoms with Crippen LogP contribution in [0.25, 0.3) is 5.69 Å². The van der Waals surface area contributed by atoms with E-state index in [-0.39, 0.29) is 0 Å². The van der Waals surface area contributed by atoms with Crippen molar-refractivity contribution >= 4 is 11.6 Å². The average Bonchev–Trinajstić information content (AvgIpc) is 2.67. The number of rotatable bonds is 5. The number of hydrogen-bond acceptors (Lipinski definition) is 2. The lowest BCUT2D eigenvalue weighted by atomic mass is 10.1. The molecule has 2 aromatic rings. The minimum absolute atomic E-state index is 0.509. The molecule has 1 aromatic carbocycles. The summed E-state index contributed by atoms with van der Waals surface area (Å²) in [5, 5.41) is 8.82. The molecule has 0 amide bonds. The van der Waals surface area contributed by atoms with Crippen molar-refractivity contribution in [2.75, 3.05) is 6.54 Å². The Morgan fingerprint density at radius 2 is 1.95 bits per heavy atom. The van der Waals surface area contributed by atoms with E-state index in [4.69, 9.17) is 11.6 Å². The normalized spacial score (nSPS) is 11.3. The molecule has 2 rings (SSSR count). The third-order valence-corrected chi connectivity index (χ3v) is 3.77. The first-order valence-corrected chi connectivity index (χ1v) is 7.42. The van der Waals surface area contributed by atoms with Crippen LogP contribution in [0, 0.1) is 13.8 Å². The zero-order valence-corrected chi connectivity index (χ0v) is 13.3. The predicted octanol–water partition coefficient (Wildman–Crippen LogP) is 3.68. The standard InChI is InChI=1S/C16H22ClN3/c1-11(2)18-10-9-14-12(3)19-20(13(14)4)16-8-6-5-7-15(16)17/h5-8,11,18H,9-10H2,1-4H3. The molecule has 0 aliphatic rings. The van der Waals surface area contributed by atoms with Gasteiger partial charge < -0.3 is 5.32 Å². The Morgan fingerprint density at radius 1 is 1.25 bits per heavy atom. The van der Waals surface area contributed by atoms with E-state index in [1.807, 2.05) is 28.9 Å². The topological polar surface area (TPSA) is 29.9 Å². The van der Waals surface area contributed by atoms with Gasteiger partial charge in [0.2, 0.25) is 0 Å². The highest BCUT2D eigenvalue weighted by Gasteiger charge is 2.14. The molecule has 0 saturated heterocycles. The van der Waals surface area contributed by atoms with Gasteiger partial charge in [-0.25, -0.2) is 4.68 Å². The molecule has 1 aromatic heterocycles. The van der Waals surface area contributed by atoms with Crippen LogP contribution >= 0.6 is 11.6 Å². The second-order valence-corrected chi connectivity index (χ2v) is 5.78. The second-order valence-electron chi connectivity index (χ2n) is 5.37. The Balaban J connectivity index is 2.27. The van der Waals surface area contributed by atoms with Crippen LogP contribution in [0.5, 0.6) is 0 Å². The largest absolute Gasteiger partial charge is 0.314 e. The number of aromatic nitrogens is 2. The van der Waals surface area contributed by atoms with Crippen LogP contribution in [0.1, 0.15) is 30.8 Å². The summed E-state index contributed by atoms with van der Waals surface area (Å²) in [4.78, 5) is 0. The van der Waals surface area contributed by atoms with Crippen molar-refractivity contribution in [1.82, 2.24) is 15.1 Å². The molecule has 0 unspecified atom stereocenters. The molecular formula is C16H22ClN3. The molecule has 0 aliphatic carbocycles. The van der Waals surface area contributed by atoms with Gasteiger partial charge >= 0.3 is 0 Å². The number of benzene rings is 1. The average molecular weight is 292 g/mol. The molecule has 1 heterocycles. The Hall–Kier alpha value is -1.32. The minimum atomic E-state index is 0.509. The van der Waals surface area contributed by atoms with Gasteiger partial charge in [-0.05, 0) is 44.5 Å². The lowest BCUT2D eigenvalue weighted by Gasteiger charge is -2.09. The van der Waals surface area contributed by atoms with E-state index in [2.05, 4.69) is 38.1 Å². The summed E-state index contributed by atoms with van der Waals surface area (Å²) in [5.74, 6) is 0. The van der Waals surface area contributed by atoms with E-state index in [1.165, 1.54) is 11.3 Å². The van der Waals surface area contributed by atoms with Crippen LogP contribution in [0.4, 0.5) is 0 Å². The van der Waals surface area contributed by atoms with Crippen molar-refractivity contribution in [3.63, 3.8) is 0 Å². The Labute approximate surface area is 126 Å². The Morgan fingerprint density at radius 3 is 2.60 bits per heavy atom. The number of halogens is 1. The van der Waals surface area contributed by atoms with Crippen LogP contribution in [-0.2, 0) is 6.42 Å². The van der Waals surface area contributed by atoms with Gasteiger partial charge in [0.25, 0.3) is 0 Å². The van der Waals surface area contributed by atoms with Gasteiger partial charge in [-0.2, -0.15) is 5.10 Å². The SMILES string of the molecule is Cc1nn(-c2ccccc2Cl)c(C)c1CCNC(C)C. The van der Waals surface area contributed by atoms with Gasteiger partial charge in [-0.3, -0.25) is 0 Å². The van der Waals surface area contributed by atoms with Crippen molar-refractivity contribution in [2.45, 2.75) is 40.2 Å². The van der Waals surface area contributed by atoms with Gasteiger partial charge in [0.15, 0.2) is 0 Å². The Kier molecular flexibility index (Phi) is 4.84. The molecular weight excluding hydrogens is 270 g/mol. The first-order chi connectivity index (χ1) is 9.50. The monoisotopic (exact) mass is 291 g/mol. The van der Waals surface area contributed by atoms with Crippen molar-refractivity contribution in [1.29, 1.82) is 0 Å². The molecule has 0 radical (unpaired) electrons. The van der Waals surface area contributed by atoms with E-state index in [9.17, 15) is 0 Å². The molecule has 1 N–H and O–H groups in total. The fourth-order valence-corrected chi connectivity index (χ4v) is 2.60. The number of aryl methyl sites for hydroxylation is 1. The molecule has 0 aliphatic heterocycles. The van der Waals surface area contributed by atoms with Crippen molar-refractivity contribution in [3.05, 3.63) is 46.2 Å². The summed E-state index contributed by atoms with van der Waals surface area (Å²) >= 11 is 6.27. The molecule has 108 valence electrons. The second kappa shape index (κ2) is 6.42. The maximum absolute atomic E-state index is 6.27. The van der Waals surface area contributed by atoms with Gasteiger partial charge in [-0.15, -0.1) is 0 Å². The minimum Gasteiger partial charge on any atom is -0.314 e. The number of para-hydroxylation sites is 1. The molecule has 0 spiro atoms. The summed E-state index contributed by atoms with van der Waals surface area (Å²) in [6, 6.07) is 8.32. The quantitative estimate of drug-likeness (QED) is 0.911. The molecule has 3 nitrogen and oxygen atoms in total. The zero-order chi connectivity index (χ0) is 14.7. The molecule has 0 atom stereocenters. The van der Waals surface area contributed by atoms with E-state index >= 15 is 0 Å². The predicted molar refractivity (Wildman–Crippen MR) is 84.9 cm³/mol. The lowest BCUT2D eigenvalue weighted by molar-refractivity contribution is 0.589. The fourth-order valence-electron chi connectivity index (χ4n) is 2.38. The van der Waals surface area contributed by atoms with Crippen LogP contribution in [0.2, 0.25) is 5.02 Å². The van der Waals surface area contributed by atoms with E-state index in [0.717, 1.165) is 29.4 Å². The van der Waals surface area contributed by atoms with Gasteiger partial charge in [-0.1, -0.05) is 37.6 Å². The molecule has 0 saturated carbocycles. The molecule has 0 bridgehead atoms. The van der Waals surface area contributed by atoms with Crippen molar-refractivity contribution < 1.29 is 0 Å². The van der Waals surface area contributed by atoms with Crippen LogP contribution in [0.15, 0.2) is 24.3 Å². The maximum Gasteiger partial charge on any atom is 0.0835 e. The third kappa shape index (κ3) is 3.22. The van der Waals surface area contributed by atoms with Gasteiger partial charge in [0, 0.05) is 11.7 Å². The van der Waals surface area contributed by atoms with E-state index in [0.29, 0.717) is 6.04 Å². The highest BCUT2D eigenvalue weighted by atomic mass is 35.5. The summed E-state index contributed by atoms with van der Waals surface area (Å²) in [7, 11) is 0. The van der Waals surface area contributed by atoms with Crippen LogP contribution < -0.4 is 5.32 Å². The zero-order valence-electron chi connectivity index (χ0n) is 12.6. The number of hydrogen-bond donors (Lipinski definition) is 1. The third-order valence-electron chi connectivity index (χ3n) is 3.45. The van der Waals surface area contributed by atoms with E-state index < -0.39 is 0 Å². The summed E-state index contributed by atoms with van der Waals surface area (Å²) < 4.78 is 1.95. The fraction of sp³-hybridized carbons (Fsp3) is 0.438. The van der Waals surface area contributed by atoms with Crippen molar-refractivity contribution in [2.24, 2.45) is 0 Å². The molecule has 4 heteroatoms. The Bertz CT molecular complexity index is 587. The van der Waals surface area contributed by atoms with Crippen LogP contribution in [-0.4, -0.2) is 22.4 Å². The van der Waals surface area contributed by atoms with Gasteiger partial charge in [0.05, 0.1) is 16.4 Å². The first-order valence-electron chi connectivity index (χ1n) is 7.04. The summed E-state index contributed by atoms with van der Waals surface area (Å²) in [6.07, 6.45) is 0.986. The maximum atomic E-state index is 6.27. The smallest absolute Gasteiger partial charge is 0.0835 e. The number of nitrogens with zero attached hydrogens (tertiary/aromatic N) is 2. The molecule has 0 fully saturated rings. The number of nitrogens with one attached hydrogen (secondary N) is 1. The van der Waals surface area contributed by atoms with Crippen LogP contribution in [0.3, 0.4) is 0 Å². The first kappa shape index (κ1) is 15.1. The lowest BCUT2D eigenvalue weighted by Crippen LogP contribution is -2.25. The highest BCUT2D eigenvalue weighted by molar-refractivity contribution is 6.32. The van der Waals surface area contributed by atoms with Crippen molar-refractivity contribution in [3.8, 4) is 5.69 Å². The molecule has 20 heavy (non-hydrogen) atoms. The highest BCUT2D eigenvalue weighted by Crippen LogP contribution is 2.23. The van der Waals surface area contributed by atoms with E-state index in [1.54, 1.807) is 0 Å².